The fourth-order valence-corrected chi connectivity index (χ4v) is 3.20. The predicted molar refractivity (Wildman–Crippen MR) is 77.9 cm³/mol. The first-order valence-electron chi connectivity index (χ1n) is 7.11. The summed E-state index contributed by atoms with van der Waals surface area (Å²) in [4.78, 5) is 31.6. The molecule has 20 heavy (non-hydrogen) atoms. The Morgan fingerprint density at radius 3 is 2.60 bits per heavy atom. The van der Waals surface area contributed by atoms with E-state index in [9.17, 15) is 9.59 Å². The van der Waals surface area contributed by atoms with Crippen LogP contribution >= 0.6 is 0 Å². The highest BCUT2D eigenvalue weighted by Gasteiger charge is 2.30. The molecular weight excluding hydrogens is 254 g/mol. The van der Waals surface area contributed by atoms with Gasteiger partial charge in [-0.2, -0.15) is 0 Å². The van der Waals surface area contributed by atoms with E-state index >= 15 is 0 Å². The van der Waals surface area contributed by atoms with Crippen LogP contribution in [0.4, 0.5) is 0 Å². The first kappa shape index (κ1) is 13.0. The van der Waals surface area contributed by atoms with Crippen molar-refractivity contribution < 1.29 is 4.79 Å². The second-order valence-electron chi connectivity index (χ2n) is 5.65. The molecule has 0 bridgehead atoms. The Kier molecular flexibility index (Phi) is 3.12. The number of carbonyl (C=O) groups excluding carboxylic acids is 1. The molecule has 1 aliphatic rings. The molecule has 3 rings (SSSR count). The van der Waals surface area contributed by atoms with E-state index < -0.39 is 0 Å². The molecule has 1 fully saturated rings. The second kappa shape index (κ2) is 4.81. The molecule has 5 nitrogen and oxygen atoms in total. The molecular formula is C15H19N3O2. The van der Waals surface area contributed by atoms with Gasteiger partial charge >= 0.3 is 5.69 Å². The molecule has 2 heterocycles. The number of imidazole rings is 1. The zero-order chi connectivity index (χ0) is 14.3. The fourth-order valence-electron chi connectivity index (χ4n) is 3.20. The summed E-state index contributed by atoms with van der Waals surface area (Å²) in [5.74, 6) is 0.00514. The van der Waals surface area contributed by atoms with Gasteiger partial charge in [-0.1, -0.05) is 6.07 Å². The van der Waals surface area contributed by atoms with Crippen LogP contribution < -0.4 is 5.69 Å². The number of nitrogens with zero attached hydrogens (tertiary/aromatic N) is 1. The van der Waals surface area contributed by atoms with E-state index in [4.69, 9.17) is 0 Å². The van der Waals surface area contributed by atoms with E-state index in [1.54, 1.807) is 18.2 Å². The number of nitrogens with one attached hydrogen (secondary N) is 2. The average molecular weight is 273 g/mol. The number of rotatable bonds is 1. The molecule has 2 atom stereocenters. The first-order valence-corrected chi connectivity index (χ1v) is 7.11. The Labute approximate surface area is 117 Å². The molecule has 0 spiro atoms. The van der Waals surface area contributed by atoms with Crippen molar-refractivity contribution in [2.24, 2.45) is 0 Å². The molecule has 1 aromatic carbocycles. The number of likely N-dealkylation sites (tertiary alicyclic amines) is 1. The lowest BCUT2D eigenvalue weighted by atomic mass is 9.96. The van der Waals surface area contributed by atoms with Gasteiger partial charge in [0.25, 0.3) is 5.91 Å². The smallest absolute Gasteiger partial charge is 0.323 e. The van der Waals surface area contributed by atoms with E-state index in [1.165, 1.54) is 0 Å². The van der Waals surface area contributed by atoms with Gasteiger partial charge in [-0.25, -0.2) is 4.79 Å². The molecule has 2 unspecified atom stereocenters. The minimum Gasteiger partial charge on any atom is -0.333 e. The Morgan fingerprint density at radius 1 is 1.20 bits per heavy atom. The number of aromatic amines is 2. The summed E-state index contributed by atoms with van der Waals surface area (Å²) in [6.45, 7) is 4.18. The molecule has 0 saturated carbocycles. The molecule has 5 heteroatoms. The van der Waals surface area contributed by atoms with Crippen molar-refractivity contribution in [3.8, 4) is 0 Å². The average Bonchev–Trinajstić information content (AvgIpc) is 2.78. The Bertz CT molecular complexity index is 690. The number of H-pyrrole nitrogens is 2. The van der Waals surface area contributed by atoms with Crippen molar-refractivity contribution in [3.63, 3.8) is 0 Å². The van der Waals surface area contributed by atoms with E-state index in [-0.39, 0.29) is 23.7 Å². The lowest BCUT2D eigenvalue weighted by Crippen LogP contribution is -2.47. The van der Waals surface area contributed by atoms with Crippen LogP contribution in [-0.2, 0) is 0 Å². The zero-order valence-corrected chi connectivity index (χ0v) is 11.8. The normalized spacial score (nSPS) is 23.2. The maximum Gasteiger partial charge on any atom is 0.323 e. The zero-order valence-electron chi connectivity index (χ0n) is 11.8. The Morgan fingerprint density at radius 2 is 1.90 bits per heavy atom. The molecule has 2 aromatic rings. The van der Waals surface area contributed by atoms with Crippen molar-refractivity contribution in [2.45, 2.75) is 45.2 Å². The molecule has 1 aromatic heterocycles. The fraction of sp³-hybridized carbons (Fsp3) is 0.467. The molecule has 2 N–H and O–H groups in total. The maximum absolute atomic E-state index is 12.8. The summed E-state index contributed by atoms with van der Waals surface area (Å²) in [6, 6.07) is 5.87. The standard InChI is InChI=1S/C15H19N3O2/c1-9-5-3-6-10(2)18(9)14(19)11-7-4-8-12-13(11)17-15(20)16-12/h4,7-10H,3,5-6H2,1-2H3,(H2,16,17,20). The van der Waals surface area contributed by atoms with Crippen molar-refractivity contribution in [1.29, 1.82) is 0 Å². The number of piperidine rings is 1. The van der Waals surface area contributed by atoms with Gasteiger partial charge < -0.3 is 14.9 Å². The minimum atomic E-state index is -0.278. The van der Waals surface area contributed by atoms with Crippen LogP contribution in [0.3, 0.4) is 0 Å². The summed E-state index contributed by atoms with van der Waals surface area (Å²) in [5.41, 5.74) is 1.58. The van der Waals surface area contributed by atoms with Crippen molar-refractivity contribution in [2.75, 3.05) is 0 Å². The number of benzene rings is 1. The van der Waals surface area contributed by atoms with E-state index in [0.717, 1.165) is 19.3 Å². The number of amides is 1. The summed E-state index contributed by atoms with van der Waals surface area (Å²) in [7, 11) is 0. The van der Waals surface area contributed by atoms with Crippen molar-refractivity contribution in [1.82, 2.24) is 14.9 Å². The summed E-state index contributed by atoms with van der Waals surface area (Å²) in [5, 5.41) is 0. The molecule has 1 saturated heterocycles. The van der Waals surface area contributed by atoms with E-state index in [2.05, 4.69) is 23.8 Å². The van der Waals surface area contributed by atoms with Gasteiger partial charge in [0.05, 0.1) is 16.6 Å². The van der Waals surface area contributed by atoms with Crippen LogP contribution in [0.1, 0.15) is 43.5 Å². The van der Waals surface area contributed by atoms with Crippen molar-refractivity contribution >= 4 is 16.9 Å². The van der Waals surface area contributed by atoms with E-state index in [1.807, 2.05) is 4.90 Å². The molecule has 1 amide bonds. The number of hydrogen-bond donors (Lipinski definition) is 2. The molecule has 0 radical (unpaired) electrons. The third kappa shape index (κ3) is 2.03. The SMILES string of the molecule is CC1CCCC(C)N1C(=O)c1cccc2[nH]c(=O)[nH]c12. The van der Waals surface area contributed by atoms with Crippen LogP contribution in [0.2, 0.25) is 0 Å². The molecule has 1 aliphatic heterocycles. The third-order valence-corrected chi connectivity index (χ3v) is 4.21. The lowest BCUT2D eigenvalue weighted by molar-refractivity contribution is 0.0512. The van der Waals surface area contributed by atoms with Crippen LogP contribution in [0.25, 0.3) is 11.0 Å². The topological polar surface area (TPSA) is 69.0 Å². The predicted octanol–water partition coefficient (Wildman–Crippen LogP) is 2.26. The van der Waals surface area contributed by atoms with Gasteiger partial charge in [0.2, 0.25) is 0 Å². The number of fused-ring (bicyclic) bond motifs is 1. The van der Waals surface area contributed by atoms with Gasteiger partial charge in [0.15, 0.2) is 0 Å². The third-order valence-electron chi connectivity index (χ3n) is 4.21. The monoisotopic (exact) mass is 273 g/mol. The number of aromatic nitrogens is 2. The highest BCUT2D eigenvalue weighted by Crippen LogP contribution is 2.26. The second-order valence-corrected chi connectivity index (χ2v) is 5.65. The van der Waals surface area contributed by atoms with Gasteiger partial charge in [0.1, 0.15) is 0 Å². The van der Waals surface area contributed by atoms with Crippen molar-refractivity contribution in [3.05, 3.63) is 34.2 Å². The maximum atomic E-state index is 12.8. The molecule has 106 valence electrons. The van der Waals surface area contributed by atoms with Gasteiger partial charge in [-0.3, -0.25) is 4.79 Å². The Balaban J connectivity index is 2.05. The minimum absolute atomic E-state index is 0.00514. The Hall–Kier alpha value is -2.04. The molecule has 0 aliphatic carbocycles. The lowest BCUT2D eigenvalue weighted by Gasteiger charge is -2.39. The quantitative estimate of drug-likeness (QED) is 0.836. The largest absolute Gasteiger partial charge is 0.333 e. The van der Waals surface area contributed by atoms with Gasteiger partial charge in [-0.15, -0.1) is 0 Å². The van der Waals surface area contributed by atoms with Crippen LogP contribution in [0, 0.1) is 0 Å². The number of hydrogen-bond acceptors (Lipinski definition) is 2. The van der Waals surface area contributed by atoms with Crippen LogP contribution in [0.15, 0.2) is 23.0 Å². The summed E-state index contributed by atoms with van der Waals surface area (Å²) in [6.07, 6.45) is 3.24. The van der Waals surface area contributed by atoms with Gasteiger partial charge in [-0.05, 0) is 45.2 Å². The first-order chi connectivity index (χ1) is 9.58. The highest BCUT2D eigenvalue weighted by atomic mass is 16.2. The summed E-state index contributed by atoms with van der Waals surface area (Å²) < 4.78 is 0. The highest BCUT2D eigenvalue weighted by molar-refractivity contribution is 6.05. The van der Waals surface area contributed by atoms with E-state index in [0.29, 0.717) is 16.6 Å². The van der Waals surface area contributed by atoms with Crippen LogP contribution in [-0.4, -0.2) is 32.9 Å². The van der Waals surface area contributed by atoms with Crippen LogP contribution in [0.5, 0.6) is 0 Å². The number of para-hydroxylation sites is 1. The summed E-state index contributed by atoms with van der Waals surface area (Å²) >= 11 is 0. The number of carbonyl (C=O) groups is 1. The van der Waals surface area contributed by atoms with Gasteiger partial charge in [0, 0.05) is 12.1 Å².